The van der Waals surface area contributed by atoms with Crippen molar-refractivity contribution in [3.8, 4) is 0 Å². The van der Waals surface area contributed by atoms with Gasteiger partial charge in [-0.25, -0.2) is 0 Å². The molecule has 0 saturated carbocycles. The van der Waals surface area contributed by atoms with Crippen molar-refractivity contribution in [2.24, 2.45) is 0 Å². The lowest BCUT2D eigenvalue weighted by atomic mass is 10.0. The highest BCUT2D eigenvalue weighted by Gasteiger charge is 2.35. The molecule has 0 radical (unpaired) electrons. The van der Waals surface area contributed by atoms with E-state index in [0.717, 1.165) is 25.1 Å². The highest BCUT2D eigenvalue weighted by molar-refractivity contribution is 5.76. The Labute approximate surface area is 125 Å². The summed E-state index contributed by atoms with van der Waals surface area (Å²) in [6, 6.07) is 19.9. The number of carbonyl (C=O) groups excluding carboxylic acids is 1. The van der Waals surface area contributed by atoms with Gasteiger partial charge in [-0.15, -0.1) is 0 Å². The predicted molar refractivity (Wildman–Crippen MR) is 81.5 cm³/mol. The smallest absolute Gasteiger partial charge is 0.323 e. The molecule has 21 heavy (non-hydrogen) atoms. The Morgan fingerprint density at radius 3 is 2.19 bits per heavy atom. The van der Waals surface area contributed by atoms with E-state index in [-0.39, 0.29) is 12.0 Å². The van der Waals surface area contributed by atoms with Gasteiger partial charge in [-0.3, -0.25) is 9.69 Å². The van der Waals surface area contributed by atoms with E-state index in [0.29, 0.717) is 6.61 Å². The SMILES string of the molecule is O=C(OCc1ccccc1)[C@@H]1CCN1Cc1ccccc1. The van der Waals surface area contributed by atoms with Crippen LogP contribution in [0.25, 0.3) is 0 Å². The molecule has 3 heteroatoms. The molecule has 2 aromatic rings. The number of likely N-dealkylation sites (tertiary alicyclic amines) is 1. The highest BCUT2D eigenvalue weighted by atomic mass is 16.5. The molecule has 0 N–H and O–H groups in total. The third-order valence-corrected chi connectivity index (χ3v) is 3.86. The third kappa shape index (κ3) is 3.50. The zero-order valence-electron chi connectivity index (χ0n) is 11.9. The summed E-state index contributed by atoms with van der Waals surface area (Å²) in [5.74, 6) is -0.110. The third-order valence-electron chi connectivity index (χ3n) is 3.86. The molecule has 0 amide bonds. The molecule has 0 aliphatic carbocycles. The van der Waals surface area contributed by atoms with Gasteiger partial charge in [-0.05, 0) is 17.5 Å². The molecule has 0 aromatic heterocycles. The van der Waals surface area contributed by atoms with Crippen LogP contribution in [0.15, 0.2) is 60.7 Å². The Kier molecular flexibility index (Phi) is 4.31. The number of nitrogens with zero attached hydrogens (tertiary/aromatic N) is 1. The Morgan fingerprint density at radius 2 is 1.62 bits per heavy atom. The molecule has 1 atom stereocenters. The standard InChI is InChI=1S/C18H19NO2/c20-18(21-14-16-9-5-2-6-10-16)17-11-12-19(17)13-15-7-3-1-4-8-15/h1-10,17H,11-14H2/t17-/m0/s1. The number of hydrogen-bond donors (Lipinski definition) is 0. The van der Waals surface area contributed by atoms with E-state index in [1.807, 2.05) is 48.5 Å². The lowest BCUT2D eigenvalue weighted by Crippen LogP contribution is -2.52. The molecule has 2 aromatic carbocycles. The first-order chi connectivity index (χ1) is 10.3. The number of rotatable bonds is 5. The monoisotopic (exact) mass is 281 g/mol. The molecule has 3 rings (SSSR count). The minimum atomic E-state index is -0.110. The van der Waals surface area contributed by atoms with Crippen LogP contribution in [0.4, 0.5) is 0 Å². The molecule has 1 aliphatic heterocycles. The minimum Gasteiger partial charge on any atom is -0.460 e. The topological polar surface area (TPSA) is 29.5 Å². The number of esters is 1. The molecule has 1 heterocycles. The van der Waals surface area contributed by atoms with E-state index in [2.05, 4.69) is 17.0 Å². The van der Waals surface area contributed by atoms with Crippen molar-refractivity contribution in [2.75, 3.05) is 6.54 Å². The van der Waals surface area contributed by atoms with Gasteiger partial charge in [0.25, 0.3) is 0 Å². The van der Waals surface area contributed by atoms with Crippen molar-refractivity contribution in [1.82, 2.24) is 4.90 Å². The highest BCUT2D eigenvalue weighted by Crippen LogP contribution is 2.22. The maximum absolute atomic E-state index is 12.1. The van der Waals surface area contributed by atoms with Crippen molar-refractivity contribution in [3.05, 3.63) is 71.8 Å². The van der Waals surface area contributed by atoms with E-state index in [1.165, 1.54) is 5.56 Å². The van der Waals surface area contributed by atoms with Gasteiger partial charge < -0.3 is 4.74 Å². The summed E-state index contributed by atoms with van der Waals surface area (Å²) in [6.45, 7) is 2.13. The maximum Gasteiger partial charge on any atom is 0.323 e. The van der Waals surface area contributed by atoms with Crippen molar-refractivity contribution < 1.29 is 9.53 Å². The molecule has 3 nitrogen and oxygen atoms in total. The van der Waals surface area contributed by atoms with Gasteiger partial charge in [0.2, 0.25) is 0 Å². The van der Waals surface area contributed by atoms with Crippen molar-refractivity contribution >= 4 is 5.97 Å². The second-order valence-corrected chi connectivity index (χ2v) is 5.35. The Hall–Kier alpha value is -2.13. The molecule has 0 bridgehead atoms. The zero-order chi connectivity index (χ0) is 14.5. The lowest BCUT2D eigenvalue weighted by molar-refractivity contribution is -0.156. The van der Waals surface area contributed by atoms with Crippen molar-refractivity contribution in [2.45, 2.75) is 25.6 Å². The van der Waals surface area contributed by atoms with Gasteiger partial charge in [0, 0.05) is 13.1 Å². The van der Waals surface area contributed by atoms with E-state index in [1.54, 1.807) is 0 Å². The number of hydrogen-bond acceptors (Lipinski definition) is 3. The molecule has 1 saturated heterocycles. The number of carbonyl (C=O) groups is 1. The molecule has 0 spiro atoms. The summed E-state index contributed by atoms with van der Waals surface area (Å²) in [5.41, 5.74) is 2.26. The first-order valence-corrected chi connectivity index (χ1v) is 7.31. The predicted octanol–water partition coefficient (Wildman–Crippen LogP) is 3.00. The van der Waals surface area contributed by atoms with Gasteiger partial charge in [-0.2, -0.15) is 0 Å². The van der Waals surface area contributed by atoms with Crippen LogP contribution in [0.5, 0.6) is 0 Å². The van der Waals surface area contributed by atoms with Gasteiger partial charge in [0.1, 0.15) is 12.6 Å². The van der Waals surface area contributed by atoms with Crippen molar-refractivity contribution in [1.29, 1.82) is 0 Å². The van der Waals surface area contributed by atoms with Crippen LogP contribution in [0.2, 0.25) is 0 Å². The summed E-state index contributed by atoms with van der Waals surface area (Å²) in [7, 11) is 0. The van der Waals surface area contributed by atoms with E-state index >= 15 is 0 Å². The van der Waals surface area contributed by atoms with Crippen molar-refractivity contribution in [3.63, 3.8) is 0 Å². The first kappa shape index (κ1) is 13.8. The normalized spacial score (nSPS) is 18.0. The Balaban J connectivity index is 1.51. The van der Waals surface area contributed by atoms with Crippen LogP contribution in [0.1, 0.15) is 17.5 Å². The Bertz CT molecular complexity index is 583. The fraction of sp³-hybridized carbons (Fsp3) is 0.278. The van der Waals surface area contributed by atoms with E-state index in [9.17, 15) is 4.79 Å². The number of benzene rings is 2. The minimum absolute atomic E-state index is 0.0890. The maximum atomic E-state index is 12.1. The van der Waals surface area contributed by atoms with Gasteiger partial charge >= 0.3 is 5.97 Å². The second kappa shape index (κ2) is 6.55. The molecular weight excluding hydrogens is 262 g/mol. The summed E-state index contributed by atoms with van der Waals surface area (Å²) in [5, 5.41) is 0. The summed E-state index contributed by atoms with van der Waals surface area (Å²) < 4.78 is 5.42. The first-order valence-electron chi connectivity index (χ1n) is 7.31. The summed E-state index contributed by atoms with van der Waals surface area (Å²) >= 11 is 0. The van der Waals surface area contributed by atoms with Gasteiger partial charge in [-0.1, -0.05) is 60.7 Å². The molecule has 1 fully saturated rings. The van der Waals surface area contributed by atoms with Crippen LogP contribution in [0.3, 0.4) is 0 Å². The van der Waals surface area contributed by atoms with Crippen LogP contribution in [-0.4, -0.2) is 23.5 Å². The quantitative estimate of drug-likeness (QED) is 0.789. The number of ether oxygens (including phenoxy) is 1. The van der Waals surface area contributed by atoms with Crippen LogP contribution in [-0.2, 0) is 22.7 Å². The zero-order valence-corrected chi connectivity index (χ0v) is 11.9. The van der Waals surface area contributed by atoms with Crippen LogP contribution < -0.4 is 0 Å². The molecule has 1 aliphatic rings. The average Bonchev–Trinajstić information content (AvgIpc) is 2.52. The molecule has 0 unspecified atom stereocenters. The average molecular weight is 281 g/mol. The van der Waals surface area contributed by atoms with E-state index in [4.69, 9.17) is 4.74 Å². The molecule has 108 valence electrons. The largest absolute Gasteiger partial charge is 0.460 e. The van der Waals surface area contributed by atoms with Crippen LogP contribution >= 0.6 is 0 Å². The summed E-state index contributed by atoms with van der Waals surface area (Å²) in [4.78, 5) is 14.3. The van der Waals surface area contributed by atoms with Gasteiger partial charge in [0.15, 0.2) is 0 Å². The van der Waals surface area contributed by atoms with Gasteiger partial charge in [0.05, 0.1) is 0 Å². The fourth-order valence-corrected chi connectivity index (χ4v) is 2.54. The fourth-order valence-electron chi connectivity index (χ4n) is 2.54. The van der Waals surface area contributed by atoms with E-state index < -0.39 is 0 Å². The van der Waals surface area contributed by atoms with Crippen LogP contribution in [0, 0.1) is 0 Å². The second-order valence-electron chi connectivity index (χ2n) is 5.35. The summed E-state index contributed by atoms with van der Waals surface area (Å²) in [6.07, 6.45) is 0.889. The lowest BCUT2D eigenvalue weighted by Gasteiger charge is -2.39. The molecular formula is C18H19NO2. The Morgan fingerprint density at radius 1 is 1.00 bits per heavy atom.